The summed E-state index contributed by atoms with van der Waals surface area (Å²) in [6.45, 7) is 11.7. The number of aliphatic hydroxyl groups is 1. The fourth-order valence-corrected chi connectivity index (χ4v) is 10.2. The summed E-state index contributed by atoms with van der Waals surface area (Å²) < 4.78 is 24.0. The minimum absolute atomic E-state index is 0.0394. The minimum Gasteiger partial charge on any atom is -0.463 e. The van der Waals surface area contributed by atoms with Gasteiger partial charge in [0.25, 0.3) is 0 Å². The second kappa shape index (κ2) is 10.6. The van der Waals surface area contributed by atoms with Gasteiger partial charge in [0, 0.05) is 35.8 Å². The Labute approximate surface area is 255 Å². The van der Waals surface area contributed by atoms with Crippen LogP contribution >= 0.6 is 0 Å². The van der Waals surface area contributed by atoms with Crippen LogP contribution in [0.25, 0.3) is 0 Å². The lowest BCUT2D eigenvalue weighted by Crippen LogP contribution is -2.73. The van der Waals surface area contributed by atoms with Crippen LogP contribution in [0.3, 0.4) is 0 Å². The van der Waals surface area contributed by atoms with Gasteiger partial charge in [-0.3, -0.25) is 9.63 Å². The minimum atomic E-state index is -1.99. The van der Waals surface area contributed by atoms with Crippen molar-refractivity contribution < 1.29 is 28.7 Å². The molecule has 0 amide bonds. The van der Waals surface area contributed by atoms with Crippen molar-refractivity contribution in [3.05, 3.63) is 59.7 Å². The van der Waals surface area contributed by atoms with E-state index < -0.39 is 39.5 Å². The predicted molar refractivity (Wildman–Crippen MR) is 162 cm³/mol. The average molecular weight is 594 g/mol. The summed E-state index contributed by atoms with van der Waals surface area (Å²) in [4.78, 5) is 33.5. The molecule has 1 aromatic carbocycles. The van der Waals surface area contributed by atoms with Gasteiger partial charge in [-0.1, -0.05) is 76.1 Å². The van der Waals surface area contributed by atoms with E-state index in [1.165, 1.54) is 11.6 Å². The first-order chi connectivity index (χ1) is 20.4. The molecule has 9 atom stereocenters. The summed E-state index contributed by atoms with van der Waals surface area (Å²) in [5.41, 5.74) is -3.89. The number of benzene rings is 1. The molecule has 0 bridgehead atoms. The van der Waals surface area contributed by atoms with Crippen LogP contribution in [-0.2, 0) is 25.6 Å². The van der Waals surface area contributed by atoms with Crippen LogP contribution in [0.15, 0.2) is 54.1 Å². The molecule has 7 heteroatoms. The molecule has 1 saturated heterocycles. The van der Waals surface area contributed by atoms with Crippen LogP contribution < -0.4 is 0 Å². The fourth-order valence-electron chi connectivity index (χ4n) is 10.2. The maximum Gasteiger partial charge on any atom is 0.341 e. The number of alkyl halides is 1. The number of hydrogen-bond acceptors (Lipinski definition) is 6. The number of allylic oxidation sites excluding steroid dienone is 4. The summed E-state index contributed by atoms with van der Waals surface area (Å²) in [5, 5.41) is 13.9. The maximum atomic E-state index is 18.0. The highest BCUT2D eigenvalue weighted by Gasteiger charge is 2.83. The summed E-state index contributed by atoms with van der Waals surface area (Å²) >= 11 is 0. The van der Waals surface area contributed by atoms with E-state index in [1.54, 1.807) is 12.2 Å². The van der Waals surface area contributed by atoms with Gasteiger partial charge in [-0.05, 0) is 74.5 Å². The van der Waals surface area contributed by atoms with Crippen LogP contribution in [-0.4, -0.2) is 59.0 Å². The third-order valence-electron chi connectivity index (χ3n) is 12.5. The van der Waals surface area contributed by atoms with Gasteiger partial charge >= 0.3 is 5.97 Å². The molecule has 9 unspecified atom stereocenters. The molecular weight excluding hydrogens is 545 g/mol. The highest BCUT2D eigenvalue weighted by molar-refractivity contribution is 6.01. The third-order valence-corrected chi connectivity index (χ3v) is 12.5. The molecular formula is C36H48FNO5. The SMILES string of the molecule is CCCCOC(=O)C12ON(CCCc3ccccc3)CC1CC1(C)C3CC(C)C4=CC(=O)C=CC4(C)C3(F)C(O)CC12C. The van der Waals surface area contributed by atoms with E-state index in [0.717, 1.165) is 31.3 Å². The van der Waals surface area contributed by atoms with Gasteiger partial charge in [0.1, 0.15) is 0 Å². The average Bonchev–Trinajstić information content (AvgIpc) is 3.42. The van der Waals surface area contributed by atoms with E-state index in [9.17, 15) is 14.7 Å². The van der Waals surface area contributed by atoms with E-state index in [1.807, 2.05) is 37.1 Å². The van der Waals surface area contributed by atoms with E-state index in [-0.39, 0.29) is 30.0 Å². The lowest BCUT2D eigenvalue weighted by Gasteiger charge is -2.67. The van der Waals surface area contributed by atoms with E-state index in [2.05, 4.69) is 32.9 Å². The Morgan fingerprint density at radius 1 is 1.16 bits per heavy atom. The van der Waals surface area contributed by atoms with Gasteiger partial charge in [-0.25, -0.2) is 9.18 Å². The summed E-state index contributed by atoms with van der Waals surface area (Å²) in [6, 6.07) is 10.3. The highest BCUT2D eigenvalue weighted by Crippen LogP contribution is 2.78. The first kappa shape index (κ1) is 30.7. The Hall–Kier alpha value is -2.35. The number of nitrogens with zero attached hydrogens (tertiary/aromatic N) is 1. The molecule has 0 aromatic heterocycles. The number of carbonyl (C=O) groups is 2. The molecule has 1 aliphatic heterocycles. The van der Waals surface area contributed by atoms with Crippen LogP contribution in [0.5, 0.6) is 0 Å². The maximum absolute atomic E-state index is 18.0. The number of unbranched alkanes of at least 4 members (excludes halogenated alkanes) is 1. The molecule has 234 valence electrons. The normalized spacial score (nSPS) is 43.4. The van der Waals surface area contributed by atoms with Crippen LogP contribution in [0.2, 0.25) is 0 Å². The van der Waals surface area contributed by atoms with Crippen LogP contribution in [0, 0.1) is 34.0 Å². The Balaban J connectivity index is 1.36. The number of esters is 1. The standard InChI is InChI=1S/C36H48FNO5/c1-6-7-18-42-31(41)36-26(23-38(43-36)17-11-14-25-12-9-8-10-13-25)21-33(4)29-19-24(2)28-20-27(39)15-16-32(28,3)35(29,37)30(40)22-34(33,36)5/h8-10,12-13,15-16,20,24,26,29-30,40H,6-7,11,14,17-19,21-23H2,1-5H3. The Morgan fingerprint density at radius 3 is 2.63 bits per heavy atom. The smallest absolute Gasteiger partial charge is 0.341 e. The number of carbonyl (C=O) groups excluding carboxylic acids is 2. The van der Waals surface area contributed by atoms with Crippen molar-refractivity contribution in [1.29, 1.82) is 0 Å². The summed E-state index contributed by atoms with van der Waals surface area (Å²) in [7, 11) is 0. The molecule has 1 aromatic rings. The van der Waals surface area contributed by atoms with E-state index in [4.69, 9.17) is 9.57 Å². The number of ketones is 1. The topological polar surface area (TPSA) is 76.1 Å². The lowest BCUT2D eigenvalue weighted by molar-refractivity contribution is -0.293. The number of rotatable bonds is 8. The van der Waals surface area contributed by atoms with Gasteiger partial charge in [0.05, 0.1) is 12.7 Å². The number of halogens is 1. The molecule has 6 rings (SSSR count). The van der Waals surface area contributed by atoms with Crippen LogP contribution in [0.4, 0.5) is 4.39 Å². The zero-order valence-electron chi connectivity index (χ0n) is 26.4. The first-order valence-corrected chi connectivity index (χ1v) is 16.3. The highest BCUT2D eigenvalue weighted by atomic mass is 19.1. The van der Waals surface area contributed by atoms with Crippen molar-refractivity contribution >= 4 is 11.8 Å². The number of ether oxygens (including phenoxy) is 1. The molecule has 4 aliphatic carbocycles. The third kappa shape index (κ3) is 4.13. The molecule has 0 spiro atoms. The largest absolute Gasteiger partial charge is 0.463 e. The zero-order chi connectivity index (χ0) is 30.8. The fraction of sp³-hybridized carbons (Fsp3) is 0.667. The zero-order valence-corrected chi connectivity index (χ0v) is 26.4. The molecule has 43 heavy (non-hydrogen) atoms. The molecule has 1 heterocycles. The van der Waals surface area contributed by atoms with E-state index in [0.29, 0.717) is 32.5 Å². The second-order valence-electron chi connectivity index (χ2n) is 14.7. The number of fused-ring (bicyclic) bond motifs is 7. The van der Waals surface area contributed by atoms with Gasteiger partial charge < -0.3 is 9.84 Å². The first-order valence-electron chi connectivity index (χ1n) is 16.3. The number of aryl methyl sites for hydroxylation is 1. The Morgan fingerprint density at radius 2 is 1.91 bits per heavy atom. The van der Waals surface area contributed by atoms with Crippen molar-refractivity contribution in [1.82, 2.24) is 5.06 Å². The van der Waals surface area contributed by atoms with Gasteiger partial charge in [-0.15, -0.1) is 0 Å². The Kier molecular flexibility index (Phi) is 7.58. The monoisotopic (exact) mass is 593 g/mol. The van der Waals surface area contributed by atoms with Crippen molar-refractivity contribution in [2.75, 3.05) is 19.7 Å². The summed E-state index contributed by atoms with van der Waals surface area (Å²) in [5.74, 6) is -1.27. The second-order valence-corrected chi connectivity index (χ2v) is 14.7. The van der Waals surface area contributed by atoms with Crippen molar-refractivity contribution in [3.8, 4) is 0 Å². The molecule has 3 saturated carbocycles. The number of aliphatic hydroxyl groups excluding tert-OH is 1. The predicted octanol–water partition coefficient (Wildman–Crippen LogP) is 6.18. The number of hydroxylamine groups is 2. The lowest BCUT2D eigenvalue weighted by atomic mass is 9.39. The Bertz CT molecular complexity index is 1330. The quantitative estimate of drug-likeness (QED) is 0.287. The molecule has 5 aliphatic rings. The number of hydrogen-bond donors (Lipinski definition) is 1. The van der Waals surface area contributed by atoms with Crippen molar-refractivity contribution in [3.63, 3.8) is 0 Å². The van der Waals surface area contributed by atoms with Gasteiger partial charge in [0.2, 0.25) is 0 Å². The van der Waals surface area contributed by atoms with E-state index >= 15 is 4.39 Å². The van der Waals surface area contributed by atoms with Crippen LogP contribution in [0.1, 0.15) is 78.7 Å². The molecule has 6 nitrogen and oxygen atoms in total. The molecule has 1 N–H and O–H groups in total. The molecule has 4 fully saturated rings. The van der Waals surface area contributed by atoms with Crippen molar-refractivity contribution in [2.24, 2.45) is 34.0 Å². The van der Waals surface area contributed by atoms with Gasteiger partial charge in [-0.2, -0.15) is 5.06 Å². The van der Waals surface area contributed by atoms with Crippen molar-refractivity contribution in [2.45, 2.75) is 96.9 Å². The molecule has 0 radical (unpaired) electrons. The summed E-state index contributed by atoms with van der Waals surface area (Å²) in [6.07, 6.45) is 8.00. The van der Waals surface area contributed by atoms with Gasteiger partial charge in [0.15, 0.2) is 17.1 Å².